The van der Waals surface area contributed by atoms with Crippen LogP contribution in [0.15, 0.2) is 58.4 Å². The number of carbonyl (C=O) groups is 1. The second kappa shape index (κ2) is 7.18. The zero-order valence-corrected chi connectivity index (χ0v) is 13.9. The van der Waals surface area contributed by atoms with Crippen LogP contribution in [-0.2, 0) is 6.54 Å². The molecule has 6 nitrogen and oxygen atoms in total. The second-order valence-corrected chi connectivity index (χ2v) is 5.51. The minimum atomic E-state index is -0.868. The third-order valence-electron chi connectivity index (χ3n) is 3.96. The zero-order chi connectivity index (χ0) is 18.7. The summed E-state index contributed by atoms with van der Waals surface area (Å²) in [6.07, 6.45) is 1.13. The lowest BCUT2D eigenvalue weighted by atomic mass is 10.1. The summed E-state index contributed by atoms with van der Waals surface area (Å²) in [6.45, 7) is 2.10. The van der Waals surface area contributed by atoms with Gasteiger partial charge in [-0.25, -0.2) is 9.82 Å². The molecule has 7 heteroatoms. The Bertz CT molecular complexity index is 1070. The number of amides is 1. The average Bonchev–Trinajstić information content (AvgIpc) is 2.64. The molecule has 0 unspecified atom stereocenters. The highest BCUT2D eigenvalue weighted by Gasteiger charge is 2.21. The fourth-order valence-corrected chi connectivity index (χ4v) is 2.70. The summed E-state index contributed by atoms with van der Waals surface area (Å²) in [7, 11) is 0. The van der Waals surface area contributed by atoms with Crippen molar-refractivity contribution in [3.63, 3.8) is 0 Å². The highest BCUT2D eigenvalue weighted by molar-refractivity contribution is 6.02. The Morgan fingerprint density at radius 3 is 2.65 bits per heavy atom. The van der Waals surface area contributed by atoms with Crippen LogP contribution in [0.3, 0.4) is 0 Å². The number of para-hydroxylation sites is 1. The molecule has 3 rings (SSSR count). The lowest BCUT2D eigenvalue weighted by Gasteiger charge is -2.12. The van der Waals surface area contributed by atoms with Crippen LogP contribution in [-0.4, -0.2) is 21.8 Å². The second-order valence-electron chi connectivity index (χ2n) is 5.51. The zero-order valence-electron chi connectivity index (χ0n) is 13.9. The van der Waals surface area contributed by atoms with E-state index in [1.165, 1.54) is 22.8 Å². The van der Waals surface area contributed by atoms with Crippen molar-refractivity contribution in [3.8, 4) is 5.75 Å². The maximum absolute atomic E-state index is 13.5. The van der Waals surface area contributed by atoms with Gasteiger partial charge in [0.05, 0.1) is 11.7 Å². The first-order valence-corrected chi connectivity index (χ1v) is 7.97. The number of nitrogens with one attached hydrogen (secondary N) is 1. The number of aromatic nitrogens is 1. The van der Waals surface area contributed by atoms with Crippen LogP contribution in [0.5, 0.6) is 5.75 Å². The smallest absolute Gasteiger partial charge is 0.280 e. The summed E-state index contributed by atoms with van der Waals surface area (Å²) in [6, 6.07) is 12.7. The van der Waals surface area contributed by atoms with E-state index >= 15 is 0 Å². The highest BCUT2D eigenvalue weighted by Crippen LogP contribution is 2.26. The number of hydrogen-bond acceptors (Lipinski definition) is 4. The first-order chi connectivity index (χ1) is 12.5. The molecular weight excluding hydrogens is 337 g/mol. The highest BCUT2D eigenvalue weighted by atomic mass is 19.1. The van der Waals surface area contributed by atoms with Crippen LogP contribution >= 0.6 is 0 Å². The number of aryl methyl sites for hydroxylation is 1. The maximum Gasteiger partial charge on any atom is 0.280 e. The Hall–Kier alpha value is -3.48. The van der Waals surface area contributed by atoms with Gasteiger partial charge in [-0.1, -0.05) is 30.3 Å². The largest absolute Gasteiger partial charge is 0.506 e. The van der Waals surface area contributed by atoms with Crippen molar-refractivity contribution < 1.29 is 14.3 Å². The number of pyridine rings is 1. The van der Waals surface area contributed by atoms with Crippen LogP contribution in [0.25, 0.3) is 10.9 Å². The van der Waals surface area contributed by atoms with Gasteiger partial charge in [0.15, 0.2) is 0 Å². The van der Waals surface area contributed by atoms with Crippen molar-refractivity contribution in [2.45, 2.75) is 13.5 Å². The van der Waals surface area contributed by atoms with Crippen LogP contribution in [0, 0.1) is 5.82 Å². The SMILES string of the molecule is CCn1c(=O)c(C(=O)N/N=C\c2ccccc2F)c(O)c2ccccc21. The molecule has 0 aliphatic carbocycles. The number of carbonyl (C=O) groups excluding carboxylic acids is 1. The lowest BCUT2D eigenvalue weighted by Crippen LogP contribution is -2.31. The molecule has 0 saturated heterocycles. The van der Waals surface area contributed by atoms with Crippen molar-refractivity contribution in [2.75, 3.05) is 0 Å². The summed E-state index contributed by atoms with van der Waals surface area (Å²) >= 11 is 0. The molecular formula is C19H16FN3O3. The number of hydrazone groups is 1. The molecule has 1 heterocycles. The predicted molar refractivity (Wildman–Crippen MR) is 97.0 cm³/mol. The molecule has 1 aromatic heterocycles. The minimum Gasteiger partial charge on any atom is -0.506 e. The van der Waals surface area contributed by atoms with Crippen molar-refractivity contribution in [1.29, 1.82) is 0 Å². The molecule has 26 heavy (non-hydrogen) atoms. The van der Waals surface area contributed by atoms with E-state index in [0.29, 0.717) is 17.4 Å². The van der Waals surface area contributed by atoms with Gasteiger partial charge in [0.1, 0.15) is 17.1 Å². The van der Waals surface area contributed by atoms with E-state index < -0.39 is 28.6 Å². The molecule has 2 N–H and O–H groups in total. The minimum absolute atomic E-state index is 0.182. The summed E-state index contributed by atoms with van der Waals surface area (Å²) < 4.78 is 14.9. The van der Waals surface area contributed by atoms with E-state index in [1.807, 2.05) is 0 Å². The maximum atomic E-state index is 13.5. The molecule has 0 aliphatic rings. The number of rotatable bonds is 4. The Kier molecular flexibility index (Phi) is 4.79. The molecule has 0 spiro atoms. The first-order valence-electron chi connectivity index (χ1n) is 7.97. The van der Waals surface area contributed by atoms with Gasteiger partial charge in [0, 0.05) is 17.5 Å². The van der Waals surface area contributed by atoms with Crippen LogP contribution in [0.4, 0.5) is 4.39 Å². The van der Waals surface area contributed by atoms with Crippen molar-refractivity contribution in [2.24, 2.45) is 5.10 Å². The first kappa shape index (κ1) is 17.3. The Labute approximate surface area is 148 Å². The van der Waals surface area contributed by atoms with Crippen molar-refractivity contribution >= 4 is 23.0 Å². The summed E-state index contributed by atoms with van der Waals surface area (Å²) in [5.41, 5.74) is 1.85. The molecule has 0 saturated carbocycles. The number of fused-ring (bicyclic) bond motifs is 1. The molecule has 132 valence electrons. The fourth-order valence-electron chi connectivity index (χ4n) is 2.70. The van der Waals surface area contributed by atoms with Crippen molar-refractivity contribution in [3.05, 3.63) is 75.8 Å². The number of nitrogens with zero attached hydrogens (tertiary/aromatic N) is 2. The average molecular weight is 353 g/mol. The van der Waals surface area contributed by atoms with E-state index in [9.17, 15) is 19.1 Å². The van der Waals surface area contributed by atoms with Gasteiger partial charge in [-0.2, -0.15) is 5.10 Å². The van der Waals surface area contributed by atoms with E-state index in [1.54, 1.807) is 37.3 Å². The third kappa shape index (κ3) is 3.06. The van der Waals surface area contributed by atoms with Gasteiger partial charge in [0.25, 0.3) is 11.5 Å². The van der Waals surface area contributed by atoms with Crippen LogP contribution in [0.1, 0.15) is 22.8 Å². The van der Waals surface area contributed by atoms with Gasteiger partial charge in [-0.3, -0.25) is 9.59 Å². The van der Waals surface area contributed by atoms with E-state index in [2.05, 4.69) is 10.5 Å². The van der Waals surface area contributed by atoms with Crippen molar-refractivity contribution in [1.82, 2.24) is 9.99 Å². The van der Waals surface area contributed by atoms with E-state index in [0.717, 1.165) is 6.21 Å². The predicted octanol–water partition coefficient (Wildman–Crippen LogP) is 2.63. The van der Waals surface area contributed by atoms with Gasteiger partial charge in [-0.15, -0.1) is 0 Å². The summed E-state index contributed by atoms with van der Waals surface area (Å²) in [4.78, 5) is 25.0. The molecule has 3 aromatic rings. The van der Waals surface area contributed by atoms with Crippen LogP contribution < -0.4 is 11.0 Å². The normalized spacial score (nSPS) is 11.2. The number of benzene rings is 2. The van der Waals surface area contributed by atoms with Crippen LogP contribution in [0.2, 0.25) is 0 Å². The fraction of sp³-hybridized carbons (Fsp3) is 0.105. The number of hydrogen-bond donors (Lipinski definition) is 2. The van der Waals surface area contributed by atoms with Gasteiger partial charge in [-0.05, 0) is 25.1 Å². The van der Waals surface area contributed by atoms with E-state index in [-0.39, 0.29) is 5.56 Å². The van der Waals surface area contributed by atoms with Gasteiger partial charge >= 0.3 is 0 Å². The molecule has 0 radical (unpaired) electrons. The standard InChI is InChI=1S/C19H16FN3O3/c1-2-23-15-10-6-4-8-13(15)17(24)16(19(23)26)18(25)22-21-11-12-7-3-5-9-14(12)20/h3-11,24H,2H2,1H3,(H,22,25)/b21-11-. The number of halogens is 1. The molecule has 0 bridgehead atoms. The summed E-state index contributed by atoms with van der Waals surface area (Å²) in [5.74, 6) is -1.77. The third-order valence-corrected chi connectivity index (χ3v) is 3.96. The lowest BCUT2D eigenvalue weighted by molar-refractivity contribution is 0.0950. The molecule has 0 aliphatic heterocycles. The molecule has 1 amide bonds. The van der Waals surface area contributed by atoms with Gasteiger partial charge < -0.3 is 9.67 Å². The van der Waals surface area contributed by atoms with E-state index in [4.69, 9.17) is 0 Å². The van der Waals surface area contributed by atoms with Gasteiger partial charge in [0.2, 0.25) is 0 Å². The topological polar surface area (TPSA) is 83.7 Å². The molecule has 2 aromatic carbocycles. The Morgan fingerprint density at radius 2 is 1.92 bits per heavy atom. The molecule has 0 fully saturated rings. The Morgan fingerprint density at radius 1 is 1.23 bits per heavy atom. The summed E-state index contributed by atoms with van der Waals surface area (Å²) in [5, 5.41) is 14.5. The Balaban J connectivity index is 1.98. The quantitative estimate of drug-likeness (QED) is 0.559. The molecule has 0 atom stereocenters. The number of aromatic hydroxyl groups is 1. The monoisotopic (exact) mass is 353 g/mol.